The van der Waals surface area contributed by atoms with Crippen molar-refractivity contribution in [3.8, 4) is 0 Å². The van der Waals surface area contributed by atoms with Gasteiger partial charge in [0.2, 0.25) is 5.96 Å². The quantitative estimate of drug-likeness (QED) is 0.341. The number of rotatable bonds is 0. The van der Waals surface area contributed by atoms with E-state index in [0.717, 1.165) is 19.0 Å². The van der Waals surface area contributed by atoms with Gasteiger partial charge in [0.15, 0.2) is 0 Å². The Bertz CT molecular complexity index is 132. The zero-order valence-electron chi connectivity index (χ0n) is 6.77. The maximum Gasteiger partial charge on any atom is 0.205 e. The Morgan fingerprint density at radius 2 is 2.09 bits per heavy atom. The molecule has 0 saturated carbocycles. The molecule has 0 atom stereocenters. The molecule has 1 heterocycles. The molecular formula is C7H16N4. The van der Waals surface area contributed by atoms with E-state index in [9.17, 15) is 0 Å². The molecule has 0 aliphatic carbocycles. The first-order valence-electron chi connectivity index (χ1n) is 4.18. The average Bonchev–Trinajstić information content (AvgIpc) is 2.16. The van der Waals surface area contributed by atoms with Gasteiger partial charge in [-0.15, -0.1) is 0 Å². The van der Waals surface area contributed by atoms with Crippen LogP contribution in [-0.4, -0.2) is 19.0 Å². The second kappa shape index (κ2) is 4.96. The molecule has 0 fully saturated rings. The summed E-state index contributed by atoms with van der Waals surface area (Å²) in [6.07, 6.45) is 4.96. The van der Waals surface area contributed by atoms with Crippen LogP contribution in [0.4, 0.5) is 0 Å². The molecule has 4 N–H and O–H groups in total. The molecule has 0 aromatic heterocycles. The van der Waals surface area contributed by atoms with E-state index < -0.39 is 0 Å². The van der Waals surface area contributed by atoms with Gasteiger partial charge in [0, 0.05) is 13.1 Å². The van der Waals surface area contributed by atoms with Crippen molar-refractivity contribution in [2.24, 2.45) is 10.8 Å². The van der Waals surface area contributed by atoms with Crippen LogP contribution in [0.3, 0.4) is 0 Å². The van der Waals surface area contributed by atoms with Crippen LogP contribution in [0, 0.1) is 0 Å². The van der Waals surface area contributed by atoms with Crippen molar-refractivity contribution in [3.05, 3.63) is 0 Å². The van der Waals surface area contributed by atoms with E-state index in [1.54, 1.807) is 0 Å². The summed E-state index contributed by atoms with van der Waals surface area (Å²) < 4.78 is 0. The average molecular weight is 156 g/mol. The molecule has 0 bridgehead atoms. The number of nitrogens with two attached hydrogens (primary N) is 1. The van der Waals surface area contributed by atoms with Gasteiger partial charge in [0.25, 0.3) is 0 Å². The van der Waals surface area contributed by atoms with Gasteiger partial charge in [-0.05, 0) is 12.8 Å². The third-order valence-corrected chi connectivity index (χ3v) is 1.78. The van der Waals surface area contributed by atoms with Gasteiger partial charge < -0.3 is 5.32 Å². The number of guanidine groups is 1. The number of hydrogen-bond acceptors (Lipinski definition) is 4. The molecule has 11 heavy (non-hydrogen) atoms. The number of aliphatic imine (C=N–C) groups is 1. The van der Waals surface area contributed by atoms with Crippen LogP contribution in [0.1, 0.15) is 25.7 Å². The van der Waals surface area contributed by atoms with Crippen molar-refractivity contribution >= 4 is 5.96 Å². The van der Waals surface area contributed by atoms with E-state index >= 15 is 0 Å². The molecule has 0 spiro atoms. The van der Waals surface area contributed by atoms with E-state index in [0.29, 0.717) is 0 Å². The van der Waals surface area contributed by atoms with E-state index in [2.05, 4.69) is 15.7 Å². The van der Waals surface area contributed by atoms with E-state index in [1.165, 1.54) is 25.7 Å². The molecule has 1 rings (SSSR count). The van der Waals surface area contributed by atoms with Gasteiger partial charge in [0.1, 0.15) is 0 Å². The predicted octanol–water partition coefficient (Wildman–Crippen LogP) is -0.0307. The normalized spacial score (nSPS) is 20.3. The van der Waals surface area contributed by atoms with E-state index in [-0.39, 0.29) is 0 Å². The van der Waals surface area contributed by atoms with Crippen molar-refractivity contribution < 1.29 is 0 Å². The maximum absolute atomic E-state index is 5.23. The van der Waals surface area contributed by atoms with Crippen LogP contribution >= 0.6 is 0 Å². The Hall–Kier alpha value is -0.770. The number of nitrogens with zero attached hydrogens (tertiary/aromatic N) is 1. The SMILES string of the molecule is NNC1=NCCCCCCN1. The summed E-state index contributed by atoms with van der Waals surface area (Å²) in [7, 11) is 0. The van der Waals surface area contributed by atoms with Crippen LogP contribution in [0.2, 0.25) is 0 Å². The van der Waals surface area contributed by atoms with E-state index in [1.807, 2.05) is 0 Å². The van der Waals surface area contributed by atoms with Crippen LogP contribution < -0.4 is 16.6 Å². The molecule has 0 radical (unpaired) electrons. The monoisotopic (exact) mass is 156 g/mol. The number of hydrogen-bond donors (Lipinski definition) is 3. The van der Waals surface area contributed by atoms with Crippen LogP contribution in [0.15, 0.2) is 4.99 Å². The van der Waals surface area contributed by atoms with Gasteiger partial charge in [-0.2, -0.15) is 0 Å². The highest BCUT2D eigenvalue weighted by molar-refractivity contribution is 5.79. The zero-order valence-corrected chi connectivity index (χ0v) is 6.77. The van der Waals surface area contributed by atoms with Gasteiger partial charge in [-0.3, -0.25) is 10.4 Å². The summed E-state index contributed by atoms with van der Waals surface area (Å²) in [4.78, 5) is 4.23. The molecule has 0 aromatic rings. The highest BCUT2D eigenvalue weighted by Crippen LogP contribution is 2.00. The van der Waals surface area contributed by atoms with Crippen molar-refractivity contribution in [2.45, 2.75) is 25.7 Å². The Labute approximate surface area is 67.2 Å². The predicted molar refractivity (Wildman–Crippen MR) is 46.1 cm³/mol. The molecule has 4 heteroatoms. The molecule has 64 valence electrons. The summed E-state index contributed by atoms with van der Waals surface area (Å²) >= 11 is 0. The Kier molecular flexibility index (Phi) is 3.75. The number of nitrogens with one attached hydrogen (secondary N) is 2. The smallest absolute Gasteiger partial charge is 0.205 e. The molecule has 0 saturated heterocycles. The minimum atomic E-state index is 0.729. The van der Waals surface area contributed by atoms with Crippen molar-refractivity contribution in [3.63, 3.8) is 0 Å². The zero-order chi connectivity index (χ0) is 7.94. The van der Waals surface area contributed by atoms with Crippen LogP contribution in [0.5, 0.6) is 0 Å². The van der Waals surface area contributed by atoms with Crippen molar-refractivity contribution in [1.82, 2.24) is 10.7 Å². The standard InChI is InChI=1S/C7H16N4/c8-11-7-9-5-3-1-2-4-6-10-7/h1-6,8H2,(H2,9,10,11). The van der Waals surface area contributed by atoms with Crippen LogP contribution in [-0.2, 0) is 0 Å². The van der Waals surface area contributed by atoms with Crippen molar-refractivity contribution in [1.29, 1.82) is 0 Å². The minimum Gasteiger partial charge on any atom is -0.355 e. The van der Waals surface area contributed by atoms with E-state index in [4.69, 9.17) is 5.84 Å². The Balaban J connectivity index is 2.34. The molecule has 1 aliphatic rings. The molecular weight excluding hydrogens is 140 g/mol. The third kappa shape index (κ3) is 3.23. The molecule has 1 aliphatic heterocycles. The third-order valence-electron chi connectivity index (χ3n) is 1.78. The highest BCUT2D eigenvalue weighted by Gasteiger charge is 1.97. The second-order valence-corrected chi connectivity index (χ2v) is 2.72. The number of hydrazine groups is 1. The Morgan fingerprint density at radius 1 is 1.27 bits per heavy atom. The fraction of sp³-hybridized carbons (Fsp3) is 0.857. The summed E-state index contributed by atoms with van der Waals surface area (Å²) in [6, 6.07) is 0. The van der Waals surface area contributed by atoms with Gasteiger partial charge in [0.05, 0.1) is 0 Å². The molecule has 0 aromatic carbocycles. The second-order valence-electron chi connectivity index (χ2n) is 2.72. The lowest BCUT2D eigenvalue weighted by Gasteiger charge is -2.05. The Morgan fingerprint density at radius 3 is 2.91 bits per heavy atom. The summed E-state index contributed by atoms with van der Waals surface area (Å²) in [5.74, 6) is 5.96. The van der Waals surface area contributed by atoms with Crippen molar-refractivity contribution in [2.75, 3.05) is 13.1 Å². The lowest BCUT2D eigenvalue weighted by atomic mass is 10.2. The molecule has 0 unspecified atom stereocenters. The van der Waals surface area contributed by atoms with Gasteiger partial charge >= 0.3 is 0 Å². The van der Waals surface area contributed by atoms with Crippen LogP contribution in [0.25, 0.3) is 0 Å². The maximum atomic E-state index is 5.23. The molecule has 0 amide bonds. The fourth-order valence-electron chi connectivity index (χ4n) is 1.14. The minimum absolute atomic E-state index is 0.729. The fourth-order valence-corrected chi connectivity index (χ4v) is 1.14. The van der Waals surface area contributed by atoms with Gasteiger partial charge in [-0.1, -0.05) is 12.8 Å². The largest absolute Gasteiger partial charge is 0.355 e. The topological polar surface area (TPSA) is 62.4 Å². The summed E-state index contributed by atoms with van der Waals surface area (Å²) in [5.41, 5.74) is 2.54. The highest BCUT2D eigenvalue weighted by atomic mass is 15.3. The first-order chi connectivity index (χ1) is 5.43. The van der Waals surface area contributed by atoms with Gasteiger partial charge in [-0.25, -0.2) is 5.84 Å². The molecule has 4 nitrogen and oxygen atoms in total. The summed E-state index contributed by atoms with van der Waals surface area (Å²) in [5, 5.41) is 3.13. The summed E-state index contributed by atoms with van der Waals surface area (Å²) in [6.45, 7) is 1.86. The first-order valence-corrected chi connectivity index (χ1v) is 4.18. The first kappa shape index (κ1) is 8.33. The lowest BCUT2D eigenvalue weighted by molar-refractivity contribution is 0.649. The lowest BCUT2D eigenvalue weighted by Crippen LogP contribution is -2.41.